The molecule has 0 radical (unpaired) electrons. The number of hydrogen-bond acceptors (Lipinski definition) is 4. The summed E-state index contributed by atoms with van der Waals surface area (Å²) in [7, 11) is 0. The highest BCUT2D eigenvalue weighted by atomic mass is 16.4. The predicted octanol–water partition coefficient (Wildman–Crippen LogP) is 0.738. The molecule has 0 bridgehead atoms. The van der Waals surface area contributed by atoms with Gasteiger partial charge in [0.2, 0.25) is 5.91 Å². The number of aromatic nitrogens is 1. The van der Waals surface area contributed by atoms with E-state index in [-0.39, 0.29) is 24.6 Å². The van der Waals surface area contributed by atoms with Crippen LogP contribution in [0.1, 0.15) is 29.9 Å². The monoisotopic (exact) mass is 265 g/mol. The fourth-order valence-corrected chi connectivity index (χ4v) is 1.75. The quantitative estimate of drug-likeness (QED) is 0.759. The molecule has 19 heavy (non-hydrogen) atoms. The van der Waals surface area contributed by atoms with Crippen LogP contribution in [0.15, 0.2) is 18.3 Å². The maximum Gasteiger partial charge on any atom is 0.337 e. The highest BCUT2D eigenvalue weighted by Gasteiger charge is 2.12. The Labute approximate surface area is 112 Å². The van der Waals surface area contributed by atoms with Gasteiger partial charge in [0.15, 0.2) is 0 Å². The predicted molar refractivity (Wildman–Crippen MR) is 70.8 cm³/mol. The molecule has 104 valence electrons. The van der Waals surface area contributed by atoms with Crippen LogP contribution in [0.3, 0.4) is 0 Å². The molecule has 0 aliphatic heterocycles. The molecule has 1 aromatic heterocycles. The molecule has 0 atom stereocenters. The van der Waals surface area contributed by atoms with Crippen molar-refractivity contribution in [3.63, 3.8) is 0 Å². The molecule has 2 N–H and O–H groups in total. The van der Waals surface area contributed by atoms with Gasteiger partial charge in [-0.05, 0) is 26.0 Å². The number of pyridine rings is 1. The van der Waals surface area contributed by atoms with Gasteiger partial charge in [-0.3, -0.25) is 9.78 Å². The van der Waals surface area contributed by atoms with Gasteiger partial charge in [0.1, 0.15) is 0 Å². The first-order valence-corrected chi connectivity index (χ1v) is 6.25. The second kappa shape index (κ2) is 7.48. The zero-order valence-electron chi connectivity index (χ0n) is 11.2. The molecule has 1 heterocycles. The molecular formula is C13H19N3O3. The Balaban J connectivity index is 2.54. The first-order valence-electron chi connectivity index (χ1n) is 6.25. The Morgan fingerprint density at radius 1 is 1.37 bits per heavy atom. The summed E-state index contributed by atoms with van der Waals surface area (Å²) < 4.78 is 0. The smallest absolute Gasteiger partial charge is 0.337 e. The maximum atomic E-state index is 11.7. The lowest BCUT2D eigenvalue weighted by Crippen LogP contribution is -2.37. The van der Waals surface area contributed by atoms with Crippen molar-refractivity contribution in [1.29, 1.82) is 0 Å². The van der Waals surface area contributed by atoms with Crippen LogP contribution in [0.25, 0.3) is 0 Å². The number of nitrogens with one attached hydrogen (secondary N) is 1. The minimum atomic E-state index is -1.01. The summed E-state index contributed by atoms with van der Waals surface area (Å²) in [5.74, 6) is -1.02. The lowest BCUT2D eigenvalue weighted by Gasteiger charge is -2.18. The van der Waals surface area contributed by atoms with E-state index in [1.54, 1.807) is 11.0 Å². The lowest BCUT2D eigenvalue weighted by atomic mass is 10.2. The molecule has 0 fully saturated rings. The fourth-order valence-electron chi connectivity index (χ4n) is 1.75. The molecule has 1 aromatic rings. The summed E-state index contributed by atoms with van der Waals surface area (Å²) in [5, 5.41) is 11.9. The third-order valence-electron chi connectivity index (χ3n) is 2.81. The van der Waals surface area contributed by atoms with Crippen LogP contribution < -0.4 is 5.32 Å². The number of carbonyl (C=O) groups is 2. The van der Waals surface area contributed by atoms with Crippen molar-refractivity contribution in [2.75, 3.05) is 19.6 Å². The average Bonchev–Trinajstić information content (AvgIpc) is 2.40. The van der Waals surface area contributed by atoms with Gasteiger partial charge in [-0.25, -0.2) is 4.79 Å². The fraction of sp³-hybridized carbons (Fsp3) is 0.462. The van der Waals surface area contributed by atoms with Crippen molar-refractivity contribution in [3.8, 4) is 0 Å². The summed E-state index contributed by atoms with van der Waals surface area (Å²) in [5.41, 5.74) is 0.590. The van der Waals surface area contributed by atoms with Gasteiger partial charge in [-0.1, -0.05) is 0 Å². The van der Waals surface area contributed by atoms with Crippen LogP contribution in [0.4, 0.5) is 0 Å². The van der Waals surface area contributed by atoms with Crippen molar-refractivity contribution < 1.29 is 14.7 Å². The van der Waals surface area contributed by atoms with E-state index in [0.717, 1.165) is 0 Å². The van der Waals surface area contributed by atoms with Gasteiger partial charge in [-0.15, -0.1) is 0 Å². The van der Waals surface area contributed by atoms with Crippen LogP contribution in [0.5, 0.6) is 0 Å². The first-order chi connectivity index (χ1) is 9.10. The highest BCUT2D eigenvalue weighted by molar-refractivity contribution is 5.88. The molecule has 1 amide bonds. The zero-order chi connectivity index (χ0) is 14.3. The largest absolute Gasteiger partial charge is 0.478 e. The third kappa shape index (κ3) is 4.33. The number of aromatic carboxylic acids is 1. The van der Waals surface area contributed by atoms with E-state index < -0.39 is 5.97 Å². The van der Waals surface area contributed by atoms with E-state index in [1.807, 2.05) is 13.8 Å². The van der Waals surface area contributed by atoms with Gasteiger partial charge in [0.25, 0.3) is 0 Å². The molecule has 1 rings (SSSR count). The van der Waals surface area contributed by atoms with Gasteiger partial charge < -0.3 is 15.3 Å². The van der Waals surface area contributed by atoms with E-state index in [2.05, 4.69) is 10.3 Å². The molecule has 6 heteroatoms. The number of amides is 1. The van der Waals surface area contributed by atoms with Gasteiger partial charge in [0, 0.05) is 25.8 Å². The van der Waals surface area contributed by atoms with E-state index in [4.69, 9.17) is 5.11 Å². The van der Waals surface area contributed by atoms with Gasteiger partial charge in [-0.2, -0.15) is 0 Å². The maximum absolute atomic E-state index is 11.7. The van der Waals surface area contributed by atoms with Crippen molar-refractivity contribution in [2.45, 2.75) is 20.4 Å². The van der Waals surface area contributed by atoms with Crippen molar-refractivity contribution >= 4 is 11.9 Å². The van der Waals surface area contributed by atoms with E-state index >= 15 is 0 Å². The lowest BCUT2D eigenvalue weighted by molar-refractivity contribution is -0.129. The molecule has 0 spiro atoms. The second-order valence-electron chi connectivity index (χ2n) is 3.97. The number of nitrogens with zero attached hydrogens (tertiary/aromatic N) is 2. The number of carbonyl (C=O) groups excluding carboxylic acids is 1. The van der Waals surface area contributed by atoms with Crippen LogP contribution >= 0.6 is 0 Å². The molecule has 0 aliphatic carbocycles. The normalized spacial score (nSPS) is 10.2. The molecule has 0 aliphatic rings. The summed E-state index contributed by atoms with van der Waals surface area (Å²) >= 11 is 0. The number of carboxylic acids is 1. The second-order valence-corrected chi connectivity index (χ2v) is 3.97. The number of rotatable bonds is 7. The van der Waals surface area contributed by atoms with Crippen LogP contribution in [0, 0.1) is 0 Å². The average molecular weight is 265 g/mol. The minimum Gasteiger partial charge on any atom is -0.478 e. The van der Waals surface area contributed by atoms with E-state index in [9.17, 15) is 9.59 Å². The Morgan fingerprint density at radius 3 is 2.63 bits per heavy atom. The molecule has 6 nitrogen and oxygen atoms in total. The Morgan fingerprint density at radius 2 is 2.05 bits per heavy atom. The van der Waals surface area contributed by atoms with E-state index in [0.29, 0.717) is 18.8 Å². The Hall–Kier alpha value is -1.95. The van der Waals surface area contributed by atoms with Gasteiger partial charge in [0.05, 0.1) is 17.8 Å². The summed E-state index contributed by atoms with van der Waals surface area (Å²) in [6.07, 6.45) is 1.54. The summed E-state index contributed by atoms with van der Waals surface area (Å²) in [6.45, 7) is 5.61. The van der Waals surface area contributed by atoms with E-state index in [1.165, 1.54) is 12.3 Å². The van der Waals surface area contributed by atoms with Crippen LogP contribution in [0.2, 0.25) is 0 Å². The molecule has 0 saturated carbocycles. The number of likely N-dealkylation sites (N-methyl/N-ethyl adjacent to an activating group) is 1. The molecular weight excluding hydrogens is 246 g/mol. The standard InChI is InChI=1S/C13H19N3O3/c1-3-16(4-2)12(17)9-14-8-11-10(13(18)19)6-5-7-15-11/h5-7,14H,3-4,8-9H2,1-2H3,(H,18,19). The topological polar surface area (TPSA) is 82.5 Å². The van der Waals surface area contributed by atoms with Crippen molar-refractivity contribution in [1.82, 2.24) is 15.2 Å². The SMILES string of the molecule is CCN(CC)C(=O)CNCc1ncccc1C(=O)O. The zero-order valence-corrected chi connectivity index (χ0v) is 11.2. The van der Waals surface area contributed by atoms with Crippen LogP contribution in [-0.2, 0) is 11.3 Å². The van der Waals surface area contributed by atoms with Gasteiger partial charge >= 0.3 is 5.97 Å². The number of carboxylic acid groups (broad SMARTS) is 1. The summed E-state index contributed by atoms with van der Waals surface area (Å²) in [6, 6.07) is 3.08. The highest BCUT2D eigenvalue weighted by Crippen LogP contribution is 2.04. The molecule has 0 saturated heterocycles. The van der Waals surface area contributed by atoms with Crippen molar-refractivity contribution in [2.24, 2.45) is 0 Å². The Kier molecular flexibility index (Phi) is 5.95. The van der Waals surface area contributed by atoms with Crippen LogP contribution in [-0.4, -0.2) is 46.5 Å². The number of hydrogen-bond donors (Lipinski definition) is 2. The summed E-state index contributed by atoms with van der Waals surface area (Å²) in [4.78, 5) is 28.4. The molecule has 0 aromatic carbocycles. The Bertz CT molecular complexity index is 445. The first kappa shape index (κ1) is 15.1. The minimum absolute atomic E-state index is 0.00203. The third-order valence-corrected chi connectivity index (χ3v) is 2.81. The molecule has 0 unspecified atom stereocenters. The van der Waals surface area contributed by atoms with Crippen molar-refractivity contribution in [3.05, 3.63) is 29.6 Å².